The topological polar surface area (TPSA) is 94.4 Å². The van der Waals surface area contributed by atoms with Crippen LogP contribution < -0.4 is 5.69 Å². The number of aromatic carboxylic acids is 1. The first-order valence-corrected chi connectivity index (χ1v) is 8.87. The van der Waals surface area contributed by atoms with Crippen molar-refractivity contribution >= 4 is 34.3 Å². The summed E-state index contributed by atoms with van der Waals surface area (Å²) >= 11 is 6.00. The normalized spacial score (nSPS) is 14.3. The summed E-state index contributed by atoms with van der Waals surface area (Å²) in [5.41, 5.74) is 2.04. The lowest BCUT2D eigenvalue weighted by Gasteiger charge is -2.02. The molecule has 4 aromatic heterocycles. The van der Waals surface area contributed by atoms with Crippen molar-refractivity contribution in [2.24, 2.45) is 0 Å². The molecule has 0 aromatic carbocycles. The van der Waals surface area contributed by atoms with E-state index in [0.717, 1.165) is 18.4 Å². The highest BCUT2D eigenvalue weighted by molar-refractivity contribution is 6.30. The summed E-state index contributed by atoms with van der Waals surface area (Å²) < 4.78 is 4.77. The average Bonchev–Trinajstić information content (AvgIpc) is 3.34. The SMILES string of the molecule is O=C(O)c1c(Cn2c(=O)n(C3CC3)c3ccncc32)nc2cc(Cl)ccn12. The third-order valence-electron chi connectivity index (χ3n) is 4.85. The van der Waals surface area contributed by atoms with Gasteiger partial charge in [0.05, 0.1) is 29.5 Å². The number of nitrogens with zero attached hydrogens (tertiary/aromatic N) is 5. The number of imidazole rings is 2. The monoisotopic (exact) mass is 383 g/mol. The van der Waals surface area contributed by atoms with Gasteiger partial charge in [0.2, 0.25) is 0 Å². The van der Waals surface area contributed by atoms with Gasteiger partial charge in [-0.05, 0) is 25.0 Å². The fourth-order valence-electron chi connectivity index (χ4n) is 3.52. The number of halogens is 1. The second kappa shape index (κ2) is 5.68. The molecule has 0 bridgehead atoms. The van der Waals surface area contributed by atoms with E-state index in [1.54, 1.807) is 35.3 Å². The fraction of sp³-hybridized carbons (Fsp3) is 0.222. The molecule has 5 rings (SSSR count). The summed E-state index contributed by atoms with van der Waals surface area (Å²) in [4.78, 5) is 33.4. The highest BCUT2D eigenvalue weighted by atomic mass is 35.5. The Hall–Kier alpha value is -3.13. The molecule has 0 aliphatic heterocycles. The van der Waals surface area contributed by atoms with Crippen molar-refractivity contribution in [3.8, 4) is 0 Å². The van der Waals surface area contributed by atoms with Crippen molar-refractivity contribution < 1.29 is 9.90 Å². The van der Waals surface area contributed by atoms with E-state index in [1.165, 1.54) is 8.97 Å². The molecule has 0 unspecified atom stereocenters. The van der Waals surface area contributed by atoms with Gasteiger partial charge in [-0.1, -0.05) is 11.6 Å². The minimum Gasteiger partial charge on any atom is -0.477 e. The van der Waals surface area contributed by atoms with Gasteiger partial charge in [0.1, 0.15) is 5.65 Å². The van der Waals surface area contributed by atoms with Gasteiger partial charge >= 0.3 is 11.7 Å². The van der Waals surface area contributed by atoms with E-state index < -0.39 is 5.97 Å². The van der Waals surface area contributed by atoms with Crippen LogP contribution >= 0.6 is 11.6 Å². The van der Waals surface area contributed by atoms with Gasteiger partial charge in [-0.15, -0.1) is 0 Å². The standard InChI is InChI=1S/C18H14ClN5O3/c19-10-4-6-22-15(7-10)21-12(16(22)17(25)26)9-23-14-8-20-5-3-13(14)24(18(23)27)11-1-2-11/h3-8,11H,1-2,9H2,(H,25,26). The maximum absolute atomic E-state index is 13.0. The molecule has 4 aromatic rings. The summed E-state index contributed by atoms with van der Waals surface area (Å²) in [5.74, 6) is -1.11. The summed E-state index contributed by atoms with van der Waals surface area (Å²) in [5, 5.41) is 10.1. The number of carboxylic acids is 1. The number of pyridine rings is 2. The summed E-state index contributed by atoms with van der Waals surface area (Å²) in [7, 11) is 0. The first kappa shape index (κ1) is 16.1. The number of carboxylic acid groups (broad SMARTS) is 1. The quantitative estimate of drug-likeness (QED) is 0.584. The maximum Gasteiger partial charge on any atom is 0.354 e. The Kier molecular flexibility index (Phi) is 3.38. The molecule has 1 aliphatic carbocycles. The number of aromatic nitrogens is 5. The van der Waals surface area contributed by atoms with Gasteiger partial charge in [-0.25, -0.2) is 14.6 Å². The average molecular weight is 384 g/mol. The van der Waals surface area contributed by atoms with Crippen molar-refractivity contribution in [2.45, 2.75) is 25.4 Å². The smallest absolute Gasteiger partial charge is 0.354 e. The lowest BCUT2D eigenvalue weighted by molar-refractivity contribution is 0.0688. The molecule has 1 N–H and O–H groups in total. The Bertz CT molecular complexity index is 1280. The molecule has 136 valence electrons. The summed E-state index contributed by atoms with van der Waals surface area (Å²) in [6.07, 6.45) is 6.78. The van der Waals surface area contributed by atoms with Gasteiger partial charge in [-0.2, -0.15) is 0 Å². The number of hydrogen-bond acceptors (Lipinski definition) is 4. The Morgan fingerprint density at radius 1 is 1.30 bits per heavy atom. The lowest BCUT2D eigenvalue weighted by Crippen LogP contribution is -2.25. The largest absolute Gasteiger partial charge is 0.477 e. The van der Waals surface area contributed by atoms with E-state index in [1.807, 2.05) is 6.07 Å². The Labute approximate surface area is 157 Å². The highest BCUT2D eigenvalue weighted by Crippen LogP contribution is 2.36. The molecule has 8 nitrogen and oxygen atoms in total. The van der Waals surface area contributed by atoms with Crippen LogP contribution in [0.5, 0.6) is 0 Å². The van der Waals surface area contributed by atoms with Gasteiger partial charge in [0.25, 0.3) is 0 Å². The van der Waals surface area contributed by atoms with Crippen molar-refractivity contribution in [1.82, 2.24) is 23.5 Å². The van der Waals surface area contributed by atoms with E-state index >= 15 is 0 Å². The molecule has 0 atom stereocenters. The number of carbonyl (C=O) groups is 1. The van der Waals surface area contributed by atoms with Gasteiger partial charge in [-0.3, -0.25) is 18.5 Å². The van der Waals surface area contributed by atoms with Crippen molar-refractivity contribution in [3.05, 3.63) is 63.7 Å². The van der Waals surface area contributed by atoms with Gasteiger partial charge < -0.3 is 5.11 Å². The van der Waals surface area contributed by atoms with E-state index in [0.29, 0.717) is 21.9 Å². The van der Waals surface area contributed by atoms with Crippen LogP contribution in [0.25, 0.3) is 16.7 Å². The Morgan fingerprint density at radius 3 is 2.85 bits per heavy atom. The molecule has 1 aliphatic rings. The molecule has 1 fully saturated rings. The Balaban J connectivity index is 1.73. The van der Waals surface area contributed by atoms with E-state index in [-0.39, 0.29) is 24.0 Å². The van der Waals surface area contributed by atoms with Crippen LogP contribution in [0.4, 0.5) is 0 Å². The lowest BCUT2D eigenvalue weighted by atomic mass is 10.3. The van der Waals surface area contributed by atoms with Crippen LogP contribution in [0.15, 0.2) is 41.6 Å². The second-order valence-corrected chi connectivity index (χ2v) is 7.06. The predicted molar refractivity (Wildman–Crippen MR) is 98.5 cm³/mol. The minimum atomic E-state index is -1.11. The number of rotatable bonds is 4. The van der Waals surface area contributed by atoms with Gasteiger partial charge in [0, 0.05) is 29.5 Å². The third-order valence-corrected chi connectivity index (χ3v) is 5.08. The number of hydrogen-bond donors (Lipinski definition) is 1. The molecule has 27 heavy (non-hydrogen) atoms. The first-order valence-electron chi connectivity index (χ1n) is 8.49. The zero-order valence-electron chi connectivity index (χ0n) is 14.0. The molecule has 0 radical (unpaired) electrons. The molecule has 0 saturated heterocycles. The van der Waals surface area contributed by atoms with Crippen molar-refractivity contribution in [3.63, 3.8) is 0 Å². The van der Waals surface area contributed by atoms with Crippen LogP contribution in [-0.4, -0.2) is 34.6 Å². The zero-order chi connectivity index (χ0) is 18.7. The predicted octanol–water partition coefficient (Wildman–Crippen LogP) is 2.58. The molecule has 4 heterocycles. The Morgan fingerprint density at radius 2 is 2.11 bits per heavy atom. The van der Waals surface area contributed by atoms with E-state index in [9.17, 15) is 14.7 Å². The summed E-state index contributed by atoms with van der Waals surface area (Å²) in [6, 6.07) is 5.20. The van der Waals surface area contributed by atoms with Crippen molar-refractivity contribution in [2.75, 3.05) is 0 Å². The van der Waals surface area contributed by atoms with Gasteiger partial charge in [0.15, 0.2) is 5.69 Å². The maximum atomic E-state index is 13.0. The second-order valence-electron chi connectivity index (χ2n) is 6.62. The highest BCUT2D eigenvalue weighted by Gasteiger charge is 2.29. The minimum absolute atomic E-state index is 0.0183. The first-order chi connectivity index (χ1) is 13.0. The molecule has 9 heteroatoms. The number of fused-ring (bicyclic) bond motifs is 2. The fourth-order valence-corrected chi connectivity index (χ4v) is 3.67. The summed E-state index contributed by atoms with van der Waals surface area (Å²) in [6.45, 7) is 0.0433. The molecule has 0 spiro atoms. The van der Waals surface area contributed by atoms with E-state index in [4.69, 9.17) is 11.6 Å². The van der Waals surface area contributed by atoms with Crippen LogP contribution in [0.3, 0.4) is 0 Å². The van der Waals surface area contributed by atoms with Crippen LogP contribution in [0.2, 0.25) is 5.02 Å². The zero-order valence-corrected chi connectivity index (χ0v) is 14.8. The van der Waals surface area contributed by atoms with E-state index in [2.05, 4.69) is 9.97 Å². The van der Waals surface area contributed by atoms with Crippen LogP contribution in [0.1, 0.15) is 35.1 Å². The van der Waals surface area contributed by atoms with Crippen LogP contribution in [0, 0.1) is 0 Å². The molecular weight excluding hydrogens is 370 g/mol. The molecule has 0 amide bonds. The van der Waals surface area contributed by atoms with Crippen molar-refractivity contribution in [1.29, 1.82) is 0 Å². The van der Waals surface area contributed by atoms with Crippen LogP contribution in [-0.2, 0) is 6.54 Å². The molecule has 1 saturated carbocycles. The third kappa shape index (κ3) is 2.44. The molecular formula is C18H14ClN5O3.